The summed E-state index contributed by atoms with van der Waals surface area (Å²) in [5.41, 5.74) is 3.59. The molecule has 0 amide bonds. The summed E-state index contributed by atoms with van der Waals surface area (Å²) in [6.07, 6.45) is 0. The van der Waals surface area contributed by atoms with Crippen molar-refractivity contribution in [3.63, 3.8) is 0 Å². The van der Waals surface area contributed by atoms with Gasteiger partial charge < -0.3 is 18.5 Å². The fourth-order valence-electron chi connectivity index (χ4n) is 3.36. The number of methoxy groups -OCH3 is 1. The summed E-state index contributed by atoms with van der Waals surface area (Å²) in [6, 6.07) is 11.8. The number of Topliss-reactive ketones (excluding diaryl/α,β-unsaturated/α-hetero) is 2. The van der Waals surface area contributed by atoms with Gasteiger partial charge in [-0.05, 0) is 39.0 Å². The van der Waals surface area contributed by atoms with Gasteiger partial charge in [-0.1, -0.05) is 24.3 Å². The van der Waals surface area contributed by atoms with E-state index in [4.69, 9.17) is 13.9 Å². The molecular weight excluding hydrogens is 398 g/mol. The molecule has 0 aliphatic carbocycles. The first-order chi connectivity index (χ1) is 14.8. The van der Waals surface area contributed by atoms with Gasteiger partial charge >= 0.3 is 5.97 Å². The zero-order valence-electron chi connectivity index (χ0n) is 18.1. The first-order valence-electron chi connectivity index (χ1n) is 9.89. The Morgan fingerprint density at radius 1 is 1.03 bits per heavy atom. The number of carbonyl (C=O) groups excluding carboxylic acids is 3. The van der Waals surface area contributed by atoms with Gasteiger partial charge in [0, 0.05) is 41.7 Å². The van der Waals surface area contributed by atoms with Gasteiger partial charge in [-0.25, -0.2) is 4.79 Å². The SMILES string of the molecule is COCCn1c(C)cc(C(=O)COC(=O)c2ccc(-c3ccc(C(C)=O)cc3)o2)c1C. The van der Waals surface area contributed by atoms with Gasteiger partial charge in [0.1, 0.15) is 5.76 Å². The third-order valence-electron chi connectivity index (χ3n) is 5.11. The van der Waals surface area contributed by atoms with Crippen molar-refractivity contribution in [3.05, 3.63) is 70.7 Å². The molecule has 7 heteroatoms. The number of aromatic nitrogens is 1. The topological polar surface area (TPSA) is 87.7 Å². The Kier molecular flexibility index (Phi) is 6.87. The maximum Gasteiger partial charge on any atom is 0.374 e. The molecule has 0 atom stereocenters. The molecule has 162 valence electrons. The van der Waals surface area contributed by atoms with Crippen molar-refractivity contribution in [2.75, 3.05) is 20.3 Å². The molecule has 0 fully saturated rings. The summed E-state index contributed by atoms with van der Waals surface area (Å²) in [5.74, 6) is -0.552. The van der Waals surface area contributed by atoms with Crippen LogP contribution in [-0.4, -0.2) is 42.4 Å². The molecule has 0 aliphatic heterocycles. The molecule has 0 unspecified atom stereocenters. The third-order valence-corrected chi connectivity index (χ3v) is 5.11. The fraction of sp³-hybridized carbons (Fsp3) is 0.292. The molecule has 3 rings (SSSR count). The molecule has 2 heterocycles. The third kappa shape index (κ3) is 5.00. The second-order valence-electron chi connectivity index (χ2n) is 7.23. The van der Waals surface area contributed by atoms with Crippen LogP contribution in [0.25, 0.3) is 11.3 Å². The van der Waals surface area contributed by atoms with E-state index >= 15 is 0 Å². The highest BCUT2D eigenvalue weighted by atomic mass is 16.5. The Labute approximate surface area is 180 Å². The zero-order valence-corrected chi connectivity index (χ0v) is 18.1. The molecule has 0 saturated heterocycles. The van der Waals surface area contributed by atoms with E-state index in [0.717, 1.165) is 17.0 Å². The number of ketones is 2. The average Bonchev–Trinajstić information content (AvgIpc) is 3.36. The average molecular weight is 423 g/mol. The van der Waals surface area contributed by atoms with Crippen LogP contribution >= 0.6 is 0 Å². The lowest BCUT2D eigenvalue weighted by molar-refractivity contribution is 0.0444. The number of carbonyl (C=O) groups is 3. The monoisotopic (exact) mass is 423 g/mol. The number of benzene rings is 1. The van der Waals surface area contributed by atoms with Crippen LogP contribution in [0.5, 0.6) is 0 Å². The maximum atomic E-state index is 12.6. The first kappa shape index (κ1) is 22.2. The number of hydrogen-bond acceptors (Lipinski definition) is 6. The van der Waals surface area contributed by atoms with E-state index in [1.165, 1.54) is 13.0 Å². The minimum Gasteiger partial charge on any atom is -0.451 e. The Balaban J connectivity index is 1.64. The van der Waals surface area contributed by atoms with Crippen LogP contribution in [0.1, 0.15) is 49.6 Å². The summed E-state index contributed by atoms with van der Waals surface area (Å²) in [4.78, 5) is 36.3. The number of hydrogen-bond donors (Lipinski definition) is 0. The van der Waals surface area contributed by atoms with Crippen molar-refractivity contribution < 1.29 is 28.3 Å². The lowest BCUT2D eigenvalue weighted by Gasteiger charge is -2.08. The highest BCUT2D eigenvalue weighted by Gasteiger charge is 2.19. The van der Waals surface area contributed by atoms with Gasteiger partial charge in [0.05, 0.1) is 6.61 Å². The van der Waals surface area contributed by atoms with Crippen molar-refractivity contribution >= 4 is 17.5 Å². The van der Waals surface area contributed by atoms with Gasteiger partial charge in [0.15, 0.2) is 12.4 Å². The minimum atomic E-state index is -0.715. The smallest absolute Gasteiger partial charge is 0.374 e. The molecule has 0 bridgehead atoms. The van der Waals surface area contributed by atoms with Gasteiger partial charge in [-0.2, -0.15) is 0 Å². The highest BCUT2D eigenvalue weighted by Crippen LogP contribution is 2.23. The van der Waals surface area contributed by atoms with E-state index in [9.17, 15) is 14.4 Å². The maximum absolute atomic E-state index is 12.6. The molecule has 0 saturated carbocycles. The van der Waals surface area contributed by atoms with Crippen LogP contribution in [0, 0.1) is 13.8 Å². The zero-order chi connectivity index (χ0) is 22.5. The molecule has 1 aromatic carbocycles. The Hall–Kier alpha value is -3.45. The van der Waals surface area contributed by atoms with Crippen LogP contribution in [0.3, 0.4) is 0 Å². The number of ether oxygens (including phenoxy) is 2. The Morgan fingerprint density at radius 3 is 2.39 bits per heavy atom. The van der Waals surface area contributed by atoms with Gasteiger partial charge in [0.25, 0.3) is 0 Å². The summed E-state index contributed by atoms with van der Waals surface area (Å²) >= 11 is 0. The molecule has 31 heavy (non-hydrogen) atoms. The highest BCUT2D eigenvalue weighted by molar-refractivity contribution is 6.00. The predicted octanol–water partition coefficient (Wildman–Crippen LogP) is 4.25. The Morgan fingerprint density at radius 2 is 1.74 bits per heavy atom. The van der Waals surface area contributed by atoms with Crippen molar-refractivity contribution in [3.8, 4) is 11.3 Å². The largest absolute Gasteiger partial charge is 0.451 e. The van der Waals surface area contributed by atoms with Crippen LogP contribution < -0.4 is 0 Å². The van der Waals surface area contributed by atoms with Gasteiger partial charge in [0.2, 0.25) is 11.5 Å². The standard InChI is InChI=1S/C24H25NO6/c1-15-13-20(16(2)25(15)11-12-29-4)21(27)14-30-24(28)23-10-9-22(31-23)19-7-5-18(6-8-19)17(3)26/h5-10,13H,11-12,14H2,1-4H3. The Bertz CT molecular complexity index is 1100. The second kappa shape index (κ2) is 9.57. The van der Waals surface area contributed by atoms with Crippen LogP contribution in [-0.2, 0) is 16.0 Å². The summed E-state index contributed by atoms with van der Waals surface area (Å²) in [5, 5.41) is 0. The summed E-state index contributed by atoms with van der Waals surface area (Å²) in [7, 11) is 1.63. The molecule has 0 spiro atoms. The van der Waals surface area contributed by atoms with E-state index in [1.807, 2.05) is 18.4 Å². The quantitative estimate of drug-likeness (QED) is 0.378. The number of nitrogens with zero attached hydrogens (tertiary/aromatic N) is 1. The molecule has 0 N–H and O–H groups in total. The lowest BCUT2D eigenvalue weighted by atomic mass is 10.1. The fourth-order valence-corrected chi connectivity index (χ4v) is 3.36. The molecule has 0 aliphatic rings. The number of rotatable bonds is 9. The van der Waals surface area contributed by atoms with Crippen LogP contribution in [0.4, 0.5) is 0 Å². The van der Waals surface area contributed by atoms with Crippen molar-refractivity contribution in [1.82, 2.24) is 4.57 Å². The first-order valence-corrected chi connectivity index (χ1v) is 9.89. The van der Waals surface area contributed by atoms with E-state index in [0.29, 0.717) is 30.0 Å². The molecule has 0 radical (unpaired) electrons. The molecule has 3 aromatic rings. The van der Waals surface area contributed by atoms with Crippen molar-refractivity contribution in [2.45, 2.75) is 27.3 Å². The second-order valence-corrected chi connectivity index (χ2v) is 7.23. The van der Waals surface area contributed by atoms with Crippen molar-refractivity contribution in [1.29, 1.82) is 0 Å². The number of aryl methyl sites for hydroxylation is 1. The van der Waals surface area contributed by atoms with Crippen LogP contribution in [0.2, 0.25) is 0 Å². The van der Waals surface area contributed by atoms with E-state index in [-0.39, 0.29) is 23.9 Å². The summed E-state index contributed by atoms with van der Waals surface area (Å²) < 4.78 is 17.8. The van der Waals surface area contributed by atoms with Gasteiger partial charge in [-0.15, -0.1) is 0 Å². The molecule has 7 nitrogen and oxygen atoms in total. The number of esters is 1. The predicted molar refractivity (Wildman–Crippen MR) is 115 cm³/mol. The van der Waals surface area contributed by atoms with Crippen molar-refractivity contribution in [2.24, 2.45) is 0 Å². The molecular formula is C24H25NO6. The van der Waals surface area contributed by atoms with Crippen LogP contribution in [0.15, 0.2) is 46.9 Å². The lowest BCUT2D eigenvalue weighted by Crippen LogP contribution is -2.15. The minimum absolute atomic E-state index is 0.00371. The molecule has 2 aromatic heterocycles. The number of furan rings is 1. The van der Waals surface area contributed by atoms with Gasteiger partial charge in [-0.3, -0.25) is 9.59 Å². The van der Waals surface area contributed by atoms with E-state index < -0.39 is 5.97 Å². The van der Waals surface area contributed by atoms with E-state index in [2.05, 4.69) is 0 Å². The van der Waals surface area contributed by atoms with E-state index in [1.54, 1.807) is 43.5 Å². The summed E-state index contributed by atoms with van der Waals surface area (Å²) in [6.45, 7) is 6.07. The normalized spacial score (nSPS) is 10.8.